The number of hydrogen-bond acceptors (Lipinski definition) is 6. The third-order valence-corrected chi connectivity index (χ3v) is 5.73. The lowest BCUT2D eigenvalue weighted by molar-refractivity contribution is -0.00649. The van der Waals surface area contributed by atoms with Gasteiger partial charge in [-0.05, 0) is 28.8 Å². The smallest absolute Gasteiger partial charge is 0.145 e. The van der Waals surface area contributed by atoms with Gasteiger partial charge in [-0.3, -0.25) is 4.90 Å². The molecule has 0 radical (unpaired) electrons. The summed E-state index contributed by atoms with van der Waals surface area (Å²) >= 11 is 0. The van der Waals surface area contributed by atoms with Gasteiger partial charge in [-0.15, -0.1) is 0 Å². The summed E-state index contributed by atoms with van der Waals surface area (Å²) in [5.74, 6) is 0.816. The normalized spacial score (nSPS) is 16.2. The van der Waals surface area contributed by atoms with Gasteiger partial charge >= 0.3 is 0 Å². The number of nitrogens with zero attached hydrogens (tertiary/aromatic N) is 2. The Kier molecular flexibility index (Phi) is 8.68. The summed E-state index contributed by atoms with van der Waals surface area (Å²) in [5.41, 5.74) is 4.24. The molecular formula is C28H32N2O4. The molecule has 0 unspecified atom stereocenters. The first-order chi connectivity index (χ1) is 16.7. The van der Waals surface area contributed by atoms with Crippen molar-refractivity contribution in [1.29, 1.82) is 0 Å². The van der Waals surface area contributed by atoms with Crippen molar-refractivity contribution in [3.05, 3.63) is 102 Å². The van der Waals surface area contributed by atoms with Gasteiger partial charge in [0.2, 0.25) is 0 Å². The number of methoxy groups -OCH3 is 1. The zero-order valence-corrected chi connectivity index (χ0v) is 19.5. The van der Waals surface area contributed by atoms with Crippen LogP contribution in [0.1, 0.15) is 23.1 Å². The molecule has 3 aromatic rings. The van der Waals surface area contributed by atoms with E-state index in [0.717, 1.165) is 34.6 Å². The molecule has 6 heteroatoms. The fourth-order valence-electron chi connectivity index (χ4n) is 4.09. The first-order valence-electron chi connectivity index (χ1n) is 11.6. The monoisotopic (exact) mass is 460 g/mol. The third-order valence-electron chi connectivity index (χ3n) is 5.73. The van der Waals surface area contributed by atoms with Crippen LogP contribution in [-0.4, -0.2) is 54.7 Å². The highest BCUT2D eigenvalue weighted by Crippen LogP contribution is 2.20. The second kappa shape index (κ2) is 12.3. The van der Waals surface area contributed by atoms with E-state index in [2.05, 4.69) is 16.1 Å². The second-order valence-electron chi connectivity index (χ2n) is 8.54. The largest absolute Gasteiger partial charge is 0.497 e. The van der Waals surface area contributed by atoms with Gasteiger partial charge in [0, 0.05) is 26.1 Å². The molecule has 0 spiro atoms. The number of aliphatic hydroxyl groups is 1. The second-order valence-corrected chi connectivity index (χ2v) is 8.54. The van der Waals surface area contributed by atoms with Gasteiger partial charge in [-0.1, -0.05) is 78.0 Å². The molecule has 0 aliphatic carbocycles. The van der Waals surface area contributed by atoms with E-state index in [1.807, 2.05) is 78.9 Å². The molecule has 0 aromatic heterocycles. The molecule has 34 heavy (non-hydrogen) atoms. The van der Waals surface area contributed by atoms with Gasteiger partial charge in [0.15, 0.2) is 0 Å². The molecule has 6 nitrogen and oxygen atoms in total. The van der Waals surface area contributed by atoms with E-state index >= 15 is 0 Å². The molecule has 1 N–H and O–H groups in total. The van der Waals surface area contributed by atoms with Gasteiger partial charge in [-0.2, -0.15) is 0 Å². The molecule has 2 atom stereocenters. The Bertz CT molecular complexity index is 1040. The predicted octanol–water partition coefficient (Wildman–Crippen LogP) is 4.27. The number of ether oxygens (including phenoxy) is 2. The molecule has 0 saturated carbocycles. The highest BCUT2D eigenvalue weighted by Gasteiger charge is 2.25. The summed E-state index contributed by atoms with van der Waals surface area (Å²) < 4.78 is 11.1. The van der Waals surface area contributed by atoms with E-state index < -0.39 is 6.10 Å². The summed E-state index contributed by atoms with van der Waals surface area (Å²) in [6.07, 6.45) is 0.0441. The van der Waals surface area contributed by atoms with Gasteiger partial charge in [0.1, 0.15) is 11.9 Å². The van der Waals surface area contributed by atoms with Gasteiger partial charge in [0.05, 0.1) is 32.1 Å². The quantitative estimate of drug-likeness (QED) is 0.437. The topological polar surface area (TPSA) is 63.5 Å². The summed E-state index contributed by atoms with van der Waals surface area (Å²) in [6.45, 7) is 2.52. The Labute approximate surface area is 201 Å². The molecule has 1 aliphatic heterocycles. The van der Waals surface area contributed by atoms with Crippen molar-refractivity contribution >= 4 is 5.71 Å². The molecule has 178 valence electrons. The van der Waals surface area contributed by atoms with E-state index in [0.29, 0.717) is 26.2 Å². The van der Waals surface area contributed by atoms with Gasteiger partial charge < -0.3 is 19.4 Å². The van der Waals surface area contributed by atoms with E-state index in [-0.39, 0.29) is 12.7 Å². The maximum absolute atomic E-state index is 10.7. The lowest BCUT2D eigenvalue weighted by Crippen LogP contribution is -2.39. The van der Waals surface area contributed by atoms with Crippen LogP contribution in [0.15, 0.2) is 90.1 Å². The average molecular weight is 461 g/mol. The van der Waals surface area contributed by atoms with E-state index in [9.17, 15) is 5.11 Å². The van der Waals surface area contributed by atoms with Gasteiger partial charge in [0.25, 0.3) is 0 Å². The lowest BCUT2D eigenvalue weighted by Gasteiger charge is -2.27. The number of aliphatic hydroxyl groups excluding tert-OH is 1. The van der Waals surface area contributed by atoms with Crippen LogP contribution in [0.4, 0.5) is 0 Å². The van der Waals surface area contributed by atoms with Crippen molar-refractivity contribution in [3.8, 4) is 5.75 Å². The summed E-state index contributed by atoms with van der Waals surface area (Å²) in [7, 11) is 1.67. The standard InChI is InChI=1S/C28H32N2O4/c1-32-26-14-8-11-23(15-26)17-30(18-25(31)21-33-20-22-9-4-2-5-10-22)19-27-16-28(29-34-27)24-12-6-3-7-13-24/h2-15,25,27,31H,16-21H2,1H3/t25-,27-/m0/s1. The molecule has 0 bridgehead atoms. The van der Waals surface area contributed by atoms with Crippen molar-refractivity contribution in [2.45, 2.75) is 31.8 Å². The minimum Gasteiger partial charge on any atom is -0.497 e. The molecule has 0 fully saturated rings. The Morgan fingerprint density at radius 3 is 2.50 bits per heavy atom. The number of hydrogen-bond donors (Lipinski definition) is 1. The highest BCUT2D eigenvalue weighted by atomic mass is 16.6. The molecule has 1 heterocycles. The van der Waals surface area contributed by atoms with Crippen LogP contribution in [0.2, 0.25) is 0 Å². The maximum atomic E-state index is 10.7. The minimum absolute atomic E-state index is 0.0711. The van der Waals surface area contributed by atoms with Gasteiger partial charge in [-0.25, -0.2) is 0 Å². The van der Waals surface area contributed by atoms with E-state index in [1.54, 1.807) is 7.11 Å². The molecule has 0 amide bonds. The Morgan fingerprint density at radius 1 is 1.00 bits per heavy atom. The lowest BCUT2D eigenvalue weighted by atomic mass is 10.0. The van der Waals surface area contributed by atoms with Crippen molar-refractivity contribution in [3.63, 3.8) is 0 Å². The molecular weight excluding hydrogens is 428 g/mol. The maximum Gasteiger partial charge on any atom is 0.145 e. The predicted molar refractivity (Wildman–Crippen MR) is 133 cm³/mol. The zero-order valence-electron chi connectivity index (χ0n) is 19.5. The highest BCUT2D eigenvalue weighted by molar-refractivity contribution is 6.01. The van der Waals surface area contributed by atoms with Crippen LogP contribution in [0.5, 0.6) is 5.75 Å². The fourth-order valence-corrected chi connectivity index (χ4v) is 4.09. The SMILES string of the molecule is COc1cccc(CN(C[C@H](O)COCc2ccccc2)C[C@@H]2CC(c3ccccc3)=NO2)c1. The number of oxime groups is 1. The molecule has 0 saturated heterocycles. The fraction of sp³-hybridized carbons (Fsp3) is 0.321. The number of rotatable bonds is 12. The van der Waals surface area contributed by atoms with Crippen molar-refractivity contribution in [2.75, 3.05) is 26.8 Å². The average Bonchev–Trinajstić information content (AvgIpc) is 3.34. The Hall–Kier alpha value is -3.19. The van der Waals surface area contributed by atoms with Crippen LogP contribution in [0, 0.1) is 0 Å². The van der Waals surface area contributed by atoms with E-state index in [4.69, 9.17) is 14.3 Å². The number of benzene rings is 3. The van der Waals surface area contributed by atoms with Crippen LogP contribution < -0.4 is 4.74 Å². The van der Waals surface area contributed by atoms with Crippen molar-refractivity contribution in [2.24, 2.45) is 5.16 Å². The molecule has 1 aliphatic rings. The third kappa shape index (κ3) is 7.15. The summed E-state index contributed by atoms with van der Waals surface area (Å²) in [4.78, 5) is 7.96. The van der Waals surface area contributed by atoms with Crippen LogP contribution in [-0.2, 0) is 22.7 Å². The van der Waals surface area contributed by atoms with Crippen LogP contribution in [0.3, 0.4) is 0 Å². The first kappa shape index (κ1) is 24.0. The van der Waals surface area contributed by atoms with E-state index in [1.165, 1.54) is 0 Å². The summed E-state index contributed by atoms with van der Waals surface area (Å²) in [6, 6.07) is 28.1. The Balaban J connectivity index is 1.35. The first-order valence-corrected chi connectivity index (χ1v) is 11.6. The minimum atomic E-state index is -0.620. The Morgan fingerprint density at radius 2 is 1.74 bits per heavy atom. The molecule has 3 aromatic carbocycles. The van der Waals surface area contributed by atoms with Crippen LogP contribution >= 0.6 is 0 Å². The van der Waals surface area contributed by atoms with Crippen LogP contribution in [0.25, 0.3) is 0 Å². The molecule has 4 rings (SSSR count). The van der Waals surface area contributed by atoms with Crippen molar-refractivity contribution in [1.82, 2.24) is 4.90 Å². The summed E-state index contributed by atoms with van der Waals surface area (Å²) in [5, 5.41) is 15.0. The van der Waals surface area contributed by atoms with Crippen molar-refractivity contribution < 1.29 is 19.4 Å². The zero-order chi connectivity index (χ0) is 23.6.